The lowest BCUT2D eigenvalue weighted by Gasteiger charge is -2.05. The molecule has 5 nitrogen and oxygen atoms in total. The van der Waals surface area contributed by atoms with Gasteiger partial charge in [-0.05, 0) is 30.0 Å². The third-order valence-electron chi connectivity index (χ3n) is 4.07. The Bertz CT molecular complexity index is 886. The molecule has 0 fully saturated rings. The number of amides is 1. The molecule has 2 aromatic heterocycles. The van der Waals surface area contributed by atoms with Gasteiger partial charge < -0.3 is 9.73 Å². The number of benzene rings is 1. The highest BCUT2D eigenvalue weighted by atomic mass is 32.2. The molecule has 1 amide bonds. The molecule has 138 valence electrons. The number of furan rings is 1. The largest absolute Gasteiger partial charge is 0.464 e. The monoisotopic (exact) mass is 389 g/mol. The molecule has 0 radical (unpaired) electrons. The highest BCUT2D eigenvalue weighted by Crippen LogP contribution is 2.28. The van der Waals surface area contributed by atoms with Crippen LogP contribution in [0.15, 0.2) is 33.2 Å². The molecule has 3 aromatic rings. The minimum absolute atomic E-state index is 0.107. The molecular formula is C19H23N3O2S2. The first kappa shape index (κ1) is 18.9. The van der Waals surface area contributed by atoms with Crippen molar-refractivity contribution in [3.05, 3.63) is 35.6 Å². The summed E-state index contributed by atoms with van der Waals surface area (Å²) in [6.45, 7) is 6.47. The second kappa shape index (κ2) is 8.68. The van der Waals surface area contributed by atoms with Crippen LogP contribution in [0.3, 0.4) is 0 Å². The number of unbranched alkanes of at least 4 members (excludes halogenated alkanes) is 1. The third-order valence-corrected chi connectivity index (χ3v) is 6.13. The number of carbonyl (C=O) groups excluding carboxylic acids is 1. The molecule has 3 rings (SSSR count). The Morgan fingerprint density at radius 2 is 2.19 bits per heavy atom. The molecule has 26 heavy (non-hydrogen) atoms. The number of nitrogens with zero attached hydrogens (tertiary/aromatic N) is 2. The van der Waals surface area contributed by atoms with Crippen LogP contribution in [-0.2, 0) is 11.2 Å². The highest BCUT2D eigenvalue weighted by Gasteiger charge is 2.14. The maximum atomic E-state index is 12.4. The van der Waals surface area contributed by atoms with Crippen molar-refractivity contribution >= 4 is 45.1 Å². The van der Waals surface area contributed by atoms with Gasteiger partial charge in [0.1, 0.15) is 5.58 Å². The summed E-state index contributed by atoms with van der Waals surface area (Å²) < 4.78 is 6.48. The van der Waals surface area contributed by atoms with Gasteiger partial charge in [-0.15, -0.1) is 10.2 Å². The Morgan fingerprint density at radius 1 is 1.35 bits per heavy atom. The summed E-state index contributed by atoms with van der Waals surface area (Å²) in [5.74, 6) is 1.35. The van der Waals surface area contributed by atoms with Crippen molar-refractivity contribution in [3.8, 4) is 0 Å². The van der Waals surface area contributed by atoms with E-state index in [1.54, 1.807) is 18.0 Å². The van der Waals surface area contributed by atoms with Crippen LogP contribution in [0.1, 0.15) is 50.7 Å². The fourth-order valence-corrected chi connectivity index (χ4v) is 4.48. The van der Waals surface area contributed by atoms with Gasteiger partial charge in [-0.2, -0.15) is 0 Å². The van der Waals surface area contributed by atoms with Gasteiger partial charge in [0.05, 0.1) is 12.7 Å². The summed E-state index contributed by atoms with van der Waals surface area (Å²) in [7, 11) is 0. The number of hydrogen-bond acceptors (Lipinski definition) is 6. The molecule has 7 heteroatoms. The highest BCUT2D eigenvalue weighted by molar-refractivity contribution is 8.01. The van der Waals surface area contributed by atoms with Crippen molar-refractivity contribution in [2.24, 2.45) is 0 Å². The van der Waals surface area contributed by atoms with Crippen LogP contribution in [0.25, 0.3) is 11.0 Å². The summed E-state index contributed by atoms with van der Waals surface area (Å²) in [4.78, 5) is 12.4. The van der Waals surface area contributed by atoms with E-state index < -0.39 is 0 Å². The average Bonchev–Trinajstić information content (AvgIpc) is 3.22. The molecule has 2 heterocycles. The van der Waals surface area contributed by atoms with E-state index >= 15 is 0 Å². The topological polar surface area (TPSA) is 68.0 Å². The molecule has 0 aliphatic carbocycles. The van der Waals surface area contributed by atoms with Crippen LogP contribution in [0, 0.1) is 0 Å². The van der Waals surface area contributed by atoms with Crippen LogP contribution in [0.2, 0.25) is 0 Å². The minimum Gasteiger partial charge on any atom is -0.464 e. The van der Waals surface area contributed by atoms with Gasteiger partial charge >= 0.3 is 0 Å². The second-order valence-corrected chi connectivity index (χ2v) is 8.79. The van der Waals surface area contributed by atoms with Gasteiger partial charge in [-0.1, -0.05) is 56.4 Å². The van der Waals surface area contributed by atoms with Crippen LogP contribution in [-0.4, -0.2) is 21.9 Å². The fourth-order valence-electron chi connectivity index (χ4n) is 2.55. The summed E-state index contributed by atoms with van der Waals surface area (Å²) in [5, 5.41) is 12.6. The van der Waals surface area contributed by atoms with Crippen molar-refractivity contribution in [3.63, 3.8) is 0 Å². The van der Waals surface area contributed by atoms with E-state index in [-0.39, 0.29) is 12.3 Å². The van der Waals surface area contributed by atoms with E-state index in [9.17, 15) is 4.79 Å². The standard InChI is InChI=1S/C19H23N3O2S2/c1-4-5-8-25-19-22-21-18(26-19)20-17(23)10-14-11-24-16-7-6-13(12(2)3)9-15(14)16/h6-7,9,11-12H,4-5,8,10H2,1-3H3,(H,20,21,23). The Balaban J connectivity index is 1.65. The molecule has 0 aliphatic rings. The Hall–Kier alpha value is -1.86. The van der Waals surface area contributed by atoms with E-state index in [1.807, 2.05) is 6.07 Å². The lowest BCUT2D eigenvalue weighted by molar-refractivity contribution is -0.115. The summed E-state index contributed by atoms with van der Waals surface area (Å²) in [5.41, 5.74) is 2.93. The van der Waals surface area contributed by atoms with E-state index in [1.165, 1.54) is 16.9 Å². The number of anilines is 1. The lowest BCUT2D eigenvalue weighted by atomic mass is 10.00. The maximum absolute atomic E-state index is 12.4. The van der Waals surface area contributed by atoms with Crippen LogP contribution in [0.5, 0.6) is 0 Å². The lowest BCUT2D eigenvalue weighted by Crippen LogP contribution is -2.14. The zero-order chi connectivity index (χ0) is 18.5. The Labute approximate surface area is 161 Å². The summed E-state index contributed by atoms with van der Waals surface area (Å²) >= 11 is 3.10. The second-order valence-electron chi connectivity index (χ2n) is 6.47. The first-order chi connectivity index (χ1) is 12.6. The van der Waals surface area contributed by atoms with Crippen LogP contribution >= 0.6 is 23.1 Å². The smallest absolute Gasteiger partial charge is 0.230 e. The molecule has 0 atom stereocenters. The summed E-state index contributed by atoms with van der Waals surface area (Å²) in [6, 6.07) is 6.15. The minimum atomic E-state index is -0.107. The molecule has 0 spiro atoms. The van der Waals surface area contributed by atoms with Crippen LogP contribution < -0.4 is 5.32 Å². The average molecular weight is 390 g/mol. The Morgan fingerprint density at radius 3 is 2.96 bits per heavy atom. The number of carbonyl (C=O) groups is 1. The number of rotatable bonds is 8. The molecule has 1 aromatic carbocycles. The fraction of sp³-hybridized carbons (Fsp3) is 0.421. The van der Waals surface area contributed by atoms with Crippen molar-refractivity contribution in [1.29, 1.82) is 0 Å². The van der Waals surface area contributed by atoms with E-state index in [2.05, 4.69) is 48.4 Å². The predicted octanol–water partition coefficient (Wildman–Crippen LogP) is 5.48. The SMILES string of the molecule is CCCCSc1nnc(NC(=O)Cc2coc3ccc(C(C)C)cc23)s1. The van der Waals surface area contributed by atoms with Crippen molar-refractivity contribution in [2.45, 2.75) is 50.3 Å². The maximum Gasteiger partial charge on any atom is 0.230 e. The van der Waals surface area contributed by atoms with Gasteiger partial charge in [-0.3, -0.25) is 4.79 Å². The number of fused-ring (bicyclic) bond motifs is 1. The van der Waals surface area contributed by atoms with Crippen molar-refractivity contribution in [2.75, 3.05) is 11.1 Å². The van der Waals surface area contributed by atoms with E-state index in [0.717, 1.165) is 39.5 Å². The number of thioether (sulfide) groups is 1. The molecule has 0 saturated carbocycles. The first-order valence-corrected chi connectivity index (χ1v) is 10.6. The number of aromatic nitrogens is 2. The molecule has 0 unspecified atom stereocenters. The van der Waals surface area contributed by atoms with Gasteiger partial charge in [0.15, 0.2) is 4.34 Å². The van der Waals surface area contributed by atoms with Gasteiger partial charge in [0.25, 0.3) is 0 Å². The van der Waals surface area contributed by atoms with Crippen LogP contribution in [0.4, 0.5) is 5.13 Å². The zero-order valence-corrected chi connectivity index (χ0v) is 16.9. The molecule has 0 bridgehead atoms. The van der Waals surface area contributed by atoms with Crippen molar-refractivity contribution < 1.29 is 9.21 Å². The number of nitrogens with one attached hydrogen (secondary N) is 1. The molecular weight excluding hydrogens is 366 g/mol. The zero-order valence-electron chi connectivity index (χ0n) is 15.2. The van der Waals surface area contributed by atoms with Crippen molar-refractivity contribution in [1.82, 2.24) is 10.2 Å². The van der Waals surface area contributed by atoms with Gasteiger partial charge in [0.2, 0.25) is 11.0 Å². The molecule has 0 saturated heterocycles. The van der Waals surface area contributed by atoms with E-state index in [4.69, 9.17) is 4.42 Å². The first-order valence-electron chi connectivity index (χ1n) is 8.83. The number of hydrogen-bond donors (Lipinski definition) is 1. The van der Waals surface area contributed by atoms with Gasteiger partial charge in [-0.25, -0.2) is 0 Å². The normalized spacial score (nSPS) is 11.4. The van der Waals surface area contributed by atoms with E-state index in [0.29, 0.717) is 11.0 Å². The predicted molar refractivity (Wildman–Crippen MR) is 108 cm³/mol. The quantitative estimate of drug-likeness (QED) is 0.314. The van der Waals surface area contributed by atoms with Gasteiger partial charge in [0, 0.05) is 16.7 Å². The molecule has 1 N–H and O–H groups in total. The third kappa shape index (κ3) is 4.65. The Kier molecular flexibility index (Phi) is 6.32. The summed E-state index contributed by atoms with van der Waals surface area (Å²) in [6.07, 6.45) is 4.23. The molecule has 0 aliphatic heterocycles.